The fourth-order valence-corrected chi connectivity index (χ4v) is 2.64. The summed E-state index contributed by atoms with van der Waals surface area (Å²) in [5.41, 5.74) is -1.14. The first-order chi connectivity index (χ1) is 6.94. The van der Waals surface area contributed by atoms with Crippen LogP contribution >= 0.6 is 11.6 Å². The highest BCUT2D eigenvalue weighted by atomic mass is 35.5. The number of Topliss-reactive ketones (excluding diaryl/α,β-unsaturated/α-hetero) is 1. The van der Waals surface area contributed by atoms with E-state index in [0.717, 1.165) is 0 Å². The molecule has 4 heteroatoms. The molecular formula is C11H15ClO3. The first-order valence-electron chi connectivity index (χ1n) is 4.98. The number of hydrogen-bond donors (Lipinski definition) is 0. The minimum absolute atomic E-state index is 0.0903. The molecule has 3 nitrogen and oxygen atoms in total. The van der Waals surface area contributed by atoms with Crippen molar-refractivity contribution in [3.05, 3.63) is 12.2 Å². The van der Waals surface area contributed by atoms with Crippen LogP contribution in [0.15, 0.2) is 12.2 Å². The molecule has 1 aliphatic heterocycles. The van der Waals surface area contributed by atoms with E-state index in [0.29, 0.717) is 0 Å². The van der Waals surface area contributed by atoms with Crippen LogP contribution in [0.4, 0.5) is 0 Å². The van der Waals surface area contributed by atoms with Gasteiger partial charge in [-0.15, -0.1) is 11.6 Å². The number of carbonyl (C=O) groups is 1. The summed E-state index contributed by atoms with van der Waals surface area (Å²) in [6.45, 7) is 3.91. The molecule has 1 aliphatic carbocycles. The van der Waals surface area contributed by atoms with E-state index in [1.54, 1.807) is 7.11 Å². The molecule has 0 spiro atoms. The van der Waals surface area contributed by atoms with Gasteiger partial charge in [-0.3, -0.25) is 4.79 Å². The molecule has 4 atom stereocenters. The predicted molar refractivity (Wildman–Crippen MR) is 57.0 cm³/mol. The predicted octanol–water partition coefficient (Wildman–Crippen LogP) is 1.54. The van der Waals surface area contributed by atoms with Crippen LogP contribution < -0.4 is 0 Å². The summed E-state index contributed by atoms with van der Waals surface area (Å²) in [6.07, 6.45) is 3.45. The smallest absolute Gasteiger partial charge is 0.170 e. The Morgan fingerprint density at radius 1 is 1.53 bits per heavy atom. The van der Waals surface area contributed by atoms with Gasteiger partial charge in [-0.2, -0.15) is 0 Å². The van der Waals surface area contributed by atoms with Gasteiger partial charge in [0.15, 0.2) is 5.78 Å². The second-order valence-electron chi connectivity index (χ2n) is 4.56. The first-order valence-corrected chi connectivity index (χ1v) is 5.42. The number of rotatable bonds is 1. The van der Waals surface area contributed by atoms with Gasteiger partial charge in [-0.05, 0) is 13.8 Å². The summed E-state index contributed by atoms with van der Waals surface area (Å²) in [5.74, 6) is 0.0903. The lowest BCUT2D eigenvalue weighted by Gasteiger charge is -2.42. The monoisotopic (exact) mass is 230 g/mol. The number of ketones is 1. The average Bonchev–Trinajstić information content (AvgIpc) is 2.52. The number of ether oxygens (including phenoxy) is 2. The van der Waals surface area contributed by atoms with E-state index in [2.05, 4.69) is 0 Å². The molecule has 0 aromatic rings. The van der Waals surface area contributed by atoms with E-state index in [1.165, 1.54) is 0 Å². The van der Waals surface area contributed by atoms with Gasteiger partial charge in [-0.1, -0.05) is 12.2 Å². The zero-order valence-corrected chi connectivity index (χ0v) is 9.88. The van der Waals surface area contributed by atoms with E-state index in [9.17, 15) is 4.79 Å². The number of hydrogen-bond acceptors (Lipinski definition) is 3. The second kappa shape index (κ2) is 3.30. The molecule has 1 fully saturated rings. The van der Waals surface area contributed by atoms with Crippen LogP contribution in [0.2, 0.25) is 0 Å². The van der Waals surface area contributed by atoms with Crippen molar-refractivity contribution in [3.63, 3.8) is 0 Å². The fraction of sp³-hybridized carbons (Fsp3) is 0.727. The van der Waals surface area contributed by atoms with Crippen molar-refractivity contribution in [2.24, 2.45) is 5.41 Å². The zero-order chi connectivity index (χ0) is 11.3. The molecule has 0 bridgehead atoms. The molecule has 0 aromatic heterocycles. The fourth-order valence-electron chi connectivity index (χ4n) is 2.14. The number of halogens is 1. The maximum Gasteiger partial charge on any atom is 0.170 e. The van der Waals surface area contributed by atoms with Crippen molar-refractivity contribution in [2.75, 3.05) is 13.7 Å². The van der Waals surface area contributed by atoms with Crippen molar-refractivity contribution in [1.29, 1.82) is 0 Å². The minimum Gasteiger partial charge on any atom is -0.373 e. The SMILES string of the molecule is COC1(C)C=CC2(C)C(=O)COC2C1Cl. The molecule has 84 valence electrons. The highest BCUT2D eigenvalue weighted by Crippen LogP contribution is 2.45. The number of fused-ring (bicyclic) bond motifs is 1. The molecule has 2 rings (SSSR count). The van der Waals surface area contributed by atoms with Gasteiger partial charge in [0.25, 0.3) is 0 Å². The molecule has 0 saturated carbocycles. The third-order valence-corrected chi connectivity index (χ3v) is 4.26. The minimum atomic E-state index is -0.579. The van der Waals surface area contributed by atoms with Crippen molar-refractivity contribution in [2.45, 2.75) is 30.9 Å². The van der Waals surface area contributed by atoms with Crippen LogP contribution in [0, 0.1) is 5.41 Å². The van der Waals surface area contributed by atoms with Gasteiger partial charge in [0, 0.05) is 7.11 Å². The lowest BCUT2D eigenvalue weighted by Crippen LogP contribution is -2.52. The average molecular weight is 231 g/mol. The van der Waals surface area contributed by atoms with Crippen molar-refractivity contribution >= 4 is 17.4 Å². The van der Waals surface area contributed by atoms with Gasteiger partial charge < -0.3 is 9.47 Å². The van der Waals surface area contributed by atoms with Crippen molar-refractivity contribution < 1.29 is 14.3 Å². The molecular weight excluding hydrogens is 216 g/mol. The second-order valence-corrected chi connectivity index (χ2v) is 5.03. The Bertz CT molecular complexity index is 328. The quantitative estimate of drug-likeness (QED) is 0.507. The van der Waals surface area contributed by atoms with Crippen LogP contribution in [0.25, 0.3) is 0 Å². The Morgan fingerprint density at radius 3 is 2.80 bits per heavy atom. The van der Waals surface area contributed by atoms with Crippen LogP contribution in [0.1, 0.15) is 13.8 Å². The van der Waals surface area contributed by atoms with Gasteiger partial charge >= 0.3 is 0 Å². The molecule has 1 saturated heterocycles. The highest BCUT2D eigenvalue weighted by molar-refractivity contribution is 6.22. The van der Waals surface area contributed by atoms with E-state index in [4.69, 9.17) is 21.1 Å². The van der Waals surface area contributed by atoms with Crippen LogP contribution in [0.3, 0.4) is 0 Å². The van der Waals surface area contributed by atoms with Crippen LogP contribution in [-0.2, 0) is 14.3 Å². The van der Waals surface area contributed by atoms with Gasteiger partial charge in [0.1, 0.15) is 12.2 Å². The largest absolute Gasteiger partial charge is 0.373 e. The zero-order valence-electron chi connectivity index (χ0n) is 9.12. The number of alkyl halides is 1. The molecule has 15 heavy (non-hydrogen) atoms. The van der Waals surface area contributed by atoms with E-state index in [-0.39, 0.29) is 23.9 Å². The van der Waals surface area contributed by atoms with Crippen LogP contribution in [-0.4, -0.2) is 36.6 Å². The van der Waals surface area contributed by atoms with E-state index < -0.39 is 11.0 Å². The maximum atomic E-state index is 11.7. The summed E-state index contributed by atoms with van der Waals surface area (Å²) in [7, 11) is 1.61. The van der Waals surface area contributed by atoms with Crippen LogP contribution in [0.5, 0.6) is 0 Å². The molecule has 0 aromatic carbocycles. The molecule has 0 N–H and O–H groups in total. The first kappa shape index (κ1) is 11.1. The van der Waals surface area contributed by atoms with Crippen molar-refractivity contribution in [1.82, 2.24) is 0 Å². The number of carbonyl (C=O) groups excluding carboxylic acids is 1. The molecule has 2 aliphatic rings. The Labute approximate surface area is 94.4 Å². The Kier molecular flexibility index (Phi) is 2.45. The standard InChI is InChI=1S/C11H15ClO3/c1-10-4-5-11(2,14-3)8(12)9(10)15-6-7(10)13/h4-5,8-9H,6H2,1-3H3. The van der Waals surface area contributed by atoms with Crippen molar-refractivity contribution in [3.8, 4) is 0 Å². The van der Waals surface area contributed by atoms with E-state index >= 15 is 0 Å². The lowest BCUT2D eigenvalue weighted by atomic mass is 9.72. The summed E-state index contributed by atoms with van der Waals surface area (Å²) in [6, 6.07) is 0. The normalized spacial score (nSPS) is 49.5. The lowest BCUT2D eigenvalue weighted by molar-refractivity contribution is -0.123. The summed E-state index contributed by atoms with van der Waals surface area (Å²) < 4.78 is 10.8. The Morgan fingerprint density at radius 2 is 2.20 bits per heavy atom. The Balaban J connectivity index is 2.41. The van der Waals surface area contributed by atoms with Gasteiger partial charge in [-0.25, -0.2) is 0 Å². The molecule has 0 amide bonds. The third kappa shape index (κ3) is 1.37. The Hall–Kier alpha value is -0.380. The van der Waals surface area contributed by atoms with Gasteiger partial charge in [0.2, 0.25) is 0 Å². The maximum absolute atomic E-state index is 11.7. The highest BCUT2D eigenvalue weighted by Gasteiger charge is 2.56. The summed E-state index contributed by atoms with van der Waals surface area (Å²) in [5, 5.41) is -0.344. The topological polar surface area (TPSA) is 35.5 Å². The van der Waals surface area contributed by atoms with E-state index in [1.807, 2.05) is 26.0 Å². The molecule has 0 radical (unpaired) electrons. The number of methoxy groups -OCH3 is 1. The summed E-state index contributed by atoms with van der Waals surface area (Å²) >= 11 is 6.33. The molecule has 4 unspecified atom stereocenters. The van der Waals surface area contributed by atoms with Gasteiger partial charge in [0.05, 0.1) is 16.9 Å². The molecule has 1 heterocycles. The third-order valence-electron chi connectivity index (χ3n) is 3.60. The summed E-state index contributed by atoms with van der Waals surface area (Å²) in [4.78, 5) is 11.7.